The Morgan fingerprint density at radius 3 is 2.84 bits per heavy atom. The van der Waals surface area contributed by atoms with Gasteiger partial charge in [0.05, 0.1) is 12.1 Å². The molecule has 4 rings (SSSR count). The van der Waals surface area contributed by atoms with Crippen LogP contribution >= 0.6 is 0 Å². The normalized spacial score (nSPS) is 18.7. The van der Waals surface area contributed by atoms with Gasteiger partial charge in [-0.1, -0.05) is 30.3 Å². The van der Waals surface area contributed by atoms with E-state index in [0.717, 1.165) is 0 Å². The fourth-order valence-corrected chi connectivity index (χ4v) is 2.91. The number of ketones is 1. The van der Waals surface area contributed by atoms with Crippen LogP contribution in [0.3, 0.4) is 0 Å². The number of aliphatic hydroxyl groups is 1. The van der Waals surface area contributed by atoms with E-state index in [-0.39, 0.29) is 12.2 Å². The molecule has 25 heavy (non-hydrogen) atoms. The van der Waals surface area contributed by atoms with Gasteiger partial charge in [-0.2, -0.15) is 0 Å². The fourth-order valence-electron chi connectivity index (χ4n) is 2.91. The molecule has 8 nitrogen and oxygen atoms in total. The van der Waals surface area contributed by atoms with Gasteiger partial charge in [-0.05, 0) is 28.6 Å². The maximum atomic E-state index is 12.7. The van der Waals surface area contributed by atoms with Crippen LogP contribution < -0.4 is 5.32 Å². The largest absolute Gasteiger partial charge is 0.375 e. The summed E-state index contributed by atoms with van der Waals surface area (Å²) in [5.41, 5.74) is 0.0197. The van der Waals surface area contributed by atoms with Crippen LogP contribution in [0, 0.1) is 0 Å². The molecule has 8 heteroatoms. The molecule has 1 aliphatic rings. The quantitative estimate of drug-likeness (QED) is 0.690. The lowest BCUT2D eigenvalue weighted by Crippen LogP contribution is -2.36. The highest BCUT2D eigenvalue weighted by Crippen LogP contribution is 2.38. The SMILES string of the molecule is O=C(C[C@@]1(O)C(=O)Nc2ccccc21)c1cccc(-n2cnnn2)c1. The standard InChI is InChI=1S/C17H13N5O3/c23-15(11-4-3-5-12(8-11)22-10-18-20-21-22)9-17(25)13-6-1-2-7-14(13)19-16(17)24/h1-8,10,25H,9H2,(H,19,24)/t17-/m0/s1. The number of fused-ring (bicyclic) bond motifs is 1. The number of carbonyl (C=O) groups is 2. The van der Waals surface area contributed by atoms with Crippen molar-refractivity contribution in [2.45, 2.75) is 12.0 Å². The zero-order chi connectivity index (χ0) is 17.4. The summed E-state index contributed by atoms with van der Waals surface area (Å²) in [4.78, 5) is 24.9. The zero-order valence-electron chi connectivity index (χ0n) is 13.0. The molecule has 0 fully saturated rings. The molecule has 0 aliphatic carbocycles. The molecular weight excluding hydrogens is 322 g/mol. The van der Waals surface area contributed by atoms with Crippen molar-refractivity contribution in [2.75, 3.05) is 5.32 Å². The van der Waals surface area contributed by atoms with Crippen LogP contribution in [0.2, 0.25) is 0 Å². The minimum absolute atomic E-state index is 0.352. The van der Waals surface area contributed by atoms with Crippen molar-refractivity contribution >= 4 is 17.4 Å². The zero-order valence-corrected chi connectivity index (χ0v) is 13.0. The number of para-hydroxylation sites is 1. The van der Waals surface area contributed by atoms with Crippen molar-refractivity contribution in [3.8, 4) is 5.69 Å². The molecule has 124 valence electrons. The highest BCUT2D eigenvalue weighted by molar-refractivity contribution is 6.09. The van der Waals surface area contributed by atoms with Crippen molar-refractivity contribution in [1.29, 1.82) is 0 Å². The molecule has 0 saturated heterocycles. The third-order valence-electron chi connectivity index (χ3n) is 4.19. The van der Waals surface area contributed by atoms with Crippen LogP contribution in [0.15, 0.2) is 54.9 Å². The number of aromatic nitrogens is 4. The smallest absolute Gasteiger partial charge is 0.261 e. The first-order valence-corrected chi connectivity index (χ1v) is 7.58. The van der Waals surface area contributed by atoms with Gasteiger partial charge in [0.1, 0.15) is 6.33 Å². The lowest BCUT2D eigenvalue weighted by molar-refractivity contribution is -0.133. The van der Waals surface area contributed by atoms with Crippen LogP contribution in [-0.4, -0.2) is 37.0 Å². The average Bonchev–Trinajstić information content (AvgIpc) is 3.24. The second kappa shape index (κ2) is 5.60. The summed E-state index contributed by atoms with van der Waals surface area (Å²) in [6, 6.07) is 13.5. The first-order chi connectivity index (χ1) is 12.1. The third kappa shape index (κ3) is 2.48. The second-order valence-electron chi connectivity index (χ2n) is 5.76. The number of rotatable bonds is 4. The molecule has 1 aliphatic heterocycles. The van der Waals surface area contributed by atoms with E-state index < -0.39 is 11.5 Å². The van der Waals surface area contributed by atoms with Gasteiger partial charge in [0.2, 0.25) is 0 Å². The van der Waals surface area contributed by atoms with Crippen LogP contribution in [0.4, 0.5) is 5.69 Å². The van der Waals surface area contributed by atoms with Gasteiger partial charge in [0.15, 0.2) is 11.4 Å². The van der Waals surface area contributed by atoms with Crippen molar-refractivity contribution < 1.29 is 14.7 Å². The summed E-state index contributed by atoms with van der Waals surface area (Å²) in [6.45, 7) is 0. The van der Waals surface area contributed by atoms with Gasteiger partial charge >= 0.3 is 0 Å². The predicted octanol–water partition coefficient (Wildman–Crippen LogP) is 1.07. The van der Waals surface area contributed by atoms with Gasteiger partial charge in [0, 0.05) is 16.8 Å². The van der Waals surface area contributed by atoms with Crippen molar-refractivity contribution in [3.05, 3.63) is 66.0 Å². The third-order valence-corrected chi connectivity index (χ3v) is 4.19. The molecule has 2 heterocycles. The molecule has 1 amide bonds. The molecule has 1 aromatic heterocycles. The van der Waals surface area contributed by atoms with Crippen LogP contribution in [-0.2, 0) is 10.4 Å². The topological polar surface area (TPSA) is 110 Å². The van der Waals surface area contributed by atoms with E-state index in [1.165, 1.54) is 11.0 Å². The summed E-state index contributed by atoms with van der Waals surface area (Å²) < 4.78 is 1.42. The van der Waals surface area contributed by atoms with Crippen LogP contribution in [0.1, 0.15) is 22.3 Å². The maximum Gasteiger partial charge on any atom is 0.261 e. The van der Waals surface area contributed by atoms with Crippen LogP contribution in [0.5, 0.6) is 0 Å². The number of nitrogens with zero attached hydrogens (tertiary/aromatic N) is 4. The Morgan fingerprint density at radius 2 is 2.04 bits per heavy atom. The summed E-state index contributed by atoms with van der Waals surface area (Å²) in [6.07, 6.45) is 1.06. The Kier molecular flexibility index (Phi) is 3.40. The van der Waals surface area contributed by atoms with E-state index in [4.69, 9.17) is 0 Å². The summed E-state index contributed by atoms with van der Waals surface area (Å²) in [7, 11) is 0. The number of Topliss-reactive ketones (excluding diaryl/α,β-unsaturated/α-hetero) is 1. The molecule has 0 spiro atoms. The lowest BCUT2D eigenvalue weighted by Gasteiger charge is -2.20. The molecule has 0 radical (unpaired) electrons. The Morgan fingerprint density at radius 1 is 1.20 bits per heavy atom. The summed E-state index contributed by atoms with van der Waals surface area (Å²) >= 11 is 0. The van der Waals surface area contributed by atoms with Gasteiger partial charge < -0.3 is 10.4 Å². The molecule has 0 bridgehead atoms. The van der Waals surface area contributed by atoms with Crippen molar-refractivity contribution in [2.24, 2.45) is 0 Å². The monoisotopic (exact) mass is 335 g/mol. The highest BCUT2D eigenvalue weighted by Gasteiger charge is 2.46. The van der Waals surface area contributed by atoms with Gasteiger partial charge in [0.25, 0.3) is 5.91 Å². The molecule has 2 aromatic carbocycles. The molecular formula is C17H13N5O3. The minimum Gasteiger partial charge on any atom is -0.375 e. The van der Waals surface area contributed by atoms with E-state index in [0.29, 0.717) is 22.5 Å². The first-order valence-electron chi connectivity index (χ1n) is 7.58. The molecule has 1 atom stereocenters. The van der Waals surface area contributed by atoms with Crippen LogP contribution in [0.25, 0.3) is 5.69 Å². The van der Waals surface area contributed by atoms with Crippen molar-refractivity contribution in [3.63, 3.8) is 0 Å². The second-order valence-corrected chi connectivity index (χ2v) is 5.76. The Bertz CT molecular complexity index is 970. The molecule has 0 unspecified atom stereocenters. The van der Waals surface area contributed by atoms with E-state index >= 15 is 0 Å². The van der Waals surface area contributed by atoms with Crippen molar-refractivity contribution in [1.82, 2.24) is 20.2 Å². The van der Waals surface area contributed by atoms with E-state index in [9.17, 15) is 14.7 Å². The number of tetrazole rings is 1. The lowest BCUT2D eigenvalue weighted by atomic mass is 9.88. The number of hydrogen-bond acceptors (Lipinski definition) is 6. The number of amides is 1. The number of hydrogen-bond donors (Lipinski definition) is 2. The Balaban J connectivity index is 1.65. The fraction of sp³-hybridized carbons (Fsp3) is 0.118. The number of benzene rings is 2. The minimum atomic E-state index is -1.88. The molecule has 3 aromatic rings. The summed E-state index contributed by atoms with van der Waals surface area (Å²) in [5.74, 6) is -0.956. The predicted molar refractivity (Wildman–Crippen MR) is 87.1 cm³/mol. The van der Waals surface area contributed by atoms with E-state index in [1.54, 1.807) is 48.5 Å². The maximum absolute atomic E-state index is 12.7. The Hall–Kier alpha value is -3.39. The number of anilines is 1. The Labute approximate surface area is 142 Å². The van der Waals surface area contributed by atoms with Gasteiger partial charge in [-0.3, -0.25) is 9.59 Å². The van der Waals surface area contributed by atoms with E-state index in [2.05, 4.69) is 20.8 Å². The first kappa shape index (κ1) is 15.2. The average molecular weight is 335 g/mol. The number of nitrogens with one attached hydrogen (secondary N) is 1. The summed E-state index contributed by atoms with van der Waals surface area (Å²) in [5, 5.41) is 24.3. The van der Waals surface area contributed by atoms with E-state index in [1.807, 2.05) is 0 Å². The van der Waals surface area contributed by atoms with Gasteiger partial charge in [-0.15, -0.1) is 5.10 Å². The number of carbonyl (C=O) groups excluding carboxylic acids is 2. The molecule has 0 saturated carbocycles. The highest BCUT2D eigenvalue weighted by atomic mass is 16.3. The molecule has 2 N–H and O–H groups in total. The van der Waals surface area contributed by atoms with Gasteiger partial charge in [-0.25, -0.2) is 4.68 Å².